The number of morpholine rings is 1. The molecular weight excluding hydrogens is 292 g/mol. The smallest absolute Gasteiger partial charge is 0.237 e. The number of hydrogen-bond acceptors (Lipinski definition) is 5. The van der Waals surface area contributed by atoms with Crippen LogP contribution in [0.15, 0.2) is 18.3 Å². The Hall–Kier alpha value is -1.66. The van der Waals surface area contributed by atoms with Crippen molar-refractivity contribution in [3.05, 3.63) is 23.9 Å². The van der Waals surface area contributed by atoms with Gasteiger partial charge in [0.25, 0.3) is 0 Å². The van der Waals surface area contributed by atoms with E-state index in [0.717, 1.165) is 56.9 Å². The van der Waals surface area contributed by atoms with Crippen LogP contribution in [0.2, 0.25) is 0 Å². The summed E-state index contributed by atoms with van der Waals surface area (Å²) in [6.45, 7) is 6.04. The van der Waals surface area contributed by atoms with Gasteiger partial charge in [0.1, 0.15) is 5.82 Å². The SMILES string of the molecule is CC1CN(c2ccc(CNC(=O)C3CCCCN3)cn2)CCO1. The third kappa shape index (κ3) is 4.42. The molecule has 2 fully saturated rings. The predicted octanol–water partition coefficient (Wildman–Crippen LogP) is 1.06. The largest absolute Gasteiger partial charge is 0.375 e. The van der Waals surface area contributed by atoms with Crippen LogP contribution in [0, 0.1) is 0 Å². The highest BCUT2D eigenvalue weighted by Crippen LogP contribution is 2.15. The fourth-order valence-electron chi connectivity index (χ4n) is 3.12. The summed E-state index contributed by atoms with van der Waals surface area (Å²) in [5.74, 6) is 1.07. The van der Waals surface area contributed by atoms with Crippen LogP contribution >= 0.6 is 0 Å². The minimum atomic E-state index is -0.0363. The molecule has 0 radical (unpaired) electrons. The minimum Gasteiger partial charge on any atom is -0.375 e. The quantitative estimate of drug-likeness (QED) is 0.869. The van der Waals surface area contributed by atoms with E-state index in [0.29, 0.717) is 6.54 Å². The maximum absolute atomic E-state index is 12.1. The molecule has 0 saturated carbocycles. The fourth-order valence-corrected chi connectivity index (χ4v) is 3.12. The number of anilines is 1. The van der Waals surface area contributed by atoms with Crippen molar-refractivity contribution in [3.63, 3.8) is 0 Å². The zero-order valence-corrected chi connectivity index (χ0v) is 13.8. The Bertz CT molecular complexity index is 514. The highest BCUT2D eigenvalue weighted by molar-refractivity contribution is 5.81. The third-order valence-corrected chi connectivity index (χ3v) is 4.47. The molecule has 6 nitrogen and oxygen atoms in total. The first-order valence-corrected chi connectivity index (χ1v) is 8.55. The van der Waals surface area contributed by atoms with Crippen molar-refractivity contribution in [1.82, 2.24) is 15.6 Å². The Morgan fingerprint density at radius 2 is 2.39 bits per heavy atom. The van der Waals surface area contributed by atoms with Crippen LogP contribution in [-0.4, -0.2) is 49.3 Å². The fraction of sp³-hybridized carbons (Fsp3) is 0.647. The minimum absolute atomic E-state index is 0.0363. The van der Waals surface area contributed by atoms with E-state index in [2.05, 4.69) is 27.4 Å². The summed E-state index contributed by atoms with van der Waals surface area (Å²) in [5.41, 5.74) is 1.03. The van der Waals surface area contributed by atoms with Gasteiger partial charge in [-0.15, -0.1) is 0 Å². The Kier molecular flexibility index (Phi) is 5.46. The van der Waals surface area contributed by atoms with Crippen LogP contribution in [0.3, 0.4) is 0 Å². The number of pyridine rings is 1. The van der Waals surface area contributed by atoms with Gasteiger partial charge in [0.05, 0.1) is 18.8 Å². The molecule has 1 amide bonds. The molecule has 6 heteroatoms. The van der Waals surface area contributed by atoms with Crippen LogP contribution in [0.1, 0.15) is 31.7 Å². The van der Waals surface area contributed by atoms with E-state index in [9.17, 15) is 4.79 Å². The van der Waals surface area contributed by atoms with Gasteiger partial charge >= 0.3 is 0 Å². The molecule has 2 aliphatic rings. The average molecular weight is 318 g/mol. The van der Waals surface area contributed by atoms with E-state index in [1.54, 1.807) is 0 Å². The zero-order chi connectivity index (χ0) is 16.1. The van der Waals surface area contributed by atoms with Gasteiger partial charge in [-0.3, -0.25) is 4.79 Å². The van der Waals surface area contributed by atoms with Gasteiger partial charge in [-0.2, -0.15) is 0 Å². The molecule has 1 aromatic rings. The van der Waals surface area contributed by atoms with Crippen molar-refractivity contribution in [2.45, 2.75) is 44.9 Å². The first-order valence-electron chi connectivity index (χ1n) is 8.55. The lowest BCUT2D eigenvalue weighted by molar-refractivity contribution is -0.123. The van der Waals surface area contributed by atoms with Crippen LogP contribution in [0.5, 0.6) is 0 Å². The van der Waals surface area contributed by atoms with Crippen molar-refractivity contribution in [2.75, 3.05) is 31.1 Å². The van der Waals surface area contributed by atoms with E-state index in [-0.39, 0.29) is 18.1 Å². The Morgan fingerprint density at radius 3 is 3.09 bits per heavy atom. The lowest BCUT2D eigenvalue weighted by atomic mass is 10.0. The molecule has 1 aromatic heterocycles. The topological polar surface area (TPSA) is 66.5 Å². The molecule has 2 aliphatic heterocycles. The molecule has 3 heterocycles. The number of rotatable bonds is 4. The number of amides is 1. The van der Waals surface area contributed by atoms with Crippen LogP contribution in [0.25, 0.3) is 0 Å². The molecule has 126 valence electrons. The molecule has 2 unspecified atom stereocenters. The van der Waals surface area contributed by atoms with Gasteiger partial charge in [0, 0.05) is 25.8 Å². The highest BCUT2D eigenvalue weighted by atomic mass is 16.5. The number of hydrogen-bond donors (Lipinski definition) is 2. The number of ether oxygens (including phenoxy) is 1. The first-order chi connectivity index (χ1) is 11.2. The molecule has 2 saturated heterocycles. The molecule has 0 bridgehead atoms. The number of aromatic nitrogens is 1. The number of carbonyl (C=O) groups excluding carboxylic acids is 1. The number of carbonyl (C=O) groups is 1. The van der Waals surface area contributed by atoms with Gasteiger partial charge in [0.15, 0.2) is 0 Å². The number of nitrogens with one attached hydrogen (secondary N) is 2. The summed E-state index contributed by atoms with van der Waals surface area (Å²) in [5, 5.41) is 6.26. The van der Waals surface area contributed by atoms with Gasteiger partial charge in [-0.05, 0) is 37.9 Å². The van der Waals surface area contributed by atoms with Crippen molar-refractivity contribution in [3.8, 4) is 0 Å². The maximum Gasteiger partial charge on any atom is 0.237 e. The summed E-state index contributed by atoms with van der Waals surface area (Å²) < 4.78 is 5.55. The summed E-state index contributed by atoms with van der Waals surface area (Å²) in [4.78, 5) is 18.9. The van der Waals surface area contributed by atoms with Crippen LogP contribution in [0.4, 0.5) is 5.82 Å². The zero-order valence-electron chi connectivity index (χ0n) is 13.8. The second-order valence-corrected chi connectivity index (χ2v) is 6.37. The van der Waals surface area contributed by atoms with Gasteiger partial charge in [-0.25, -0.2) is 4.98 Å². The summed E-state index contributed by atoms with van der Waals surface area (Å²) in [6, 6.07) is 4.03. The molecule has 23 heavy (non-hydrogen) atoms. The molecule has 2 N–H and O–H groups in total. The summed E-state index contributed by atoms with van der Waals surface area (Å²) >= 11 is 0. The van der Waals surface area contributed by atoms with Crippen molar-refractivity contribution in [1.29, 1.82) is 0 Å². The molecule has 0 aromatic carbocycles. The van der Waals surface area contributed by atoms with E-state index < -0.39 is 0 Å². The Morgan fingerprint density at radius 1 is 1.48 bits per heavy atom. The van der Waals surface area contributed by atoms with Crippen LogP contribution in [-0.2, 0) is 16.1 Å². The van der Waals surface area contributed by atoms with Crippen molar-refractivity contribution < 1.29 is 9.53 Å². The van der Waals surface area contributed by atoms with E-state index in [1.807, 2.05) is 18.3 Å². The average Bonchev–Trinajstić information content (AvgIpc) is 2.61. The van der Waals surface area contributed by atoms with E-state index in [1.165, 1.54) is 0 Å². The van der Waals surface area contributed by atoms with Crippen LogP contribution < -0.4 is 15.5 Å². The number of piperidine rings is 1. The standard InChI is InChI=1S/C17H26N4O2/c1-13-12-21(8-9-23-13)16-6-5-14(10-19-16)11-20-17(22)15-4-2-3-7-18-15/h5-6,10,13,15,18H,2-4,7-9,11-12H2,1H3,(H,20,22). The van der Waals surface area contributed by atoms with Gasteiger partial charge < -0.3 is 20.3 Å². The highest BCUT2D eigenvalue weighted by Gasteiger charge is 2.20. The molecule has 0 aliphatic carbocycles. The first kappa shape index (κ1) is 16.2. The summed E-state index contributed by atoms with van der Waals surface area (Å²) in [7, 11) is 0. The van der Waals surface area contributed by atoms with E-state index in [4.69, 9.17) is 4.74 Å². The third-order valence-electron chi connectivity index (χ3n) is 4.47. The second kappa shape index (κ2) is 7.75. The predicted molar refractivity (Wildman–Crippen MR) is 89.4 cm³/mol. The molecular formula is C17H26N4O2. The lowest BCUT2D eigenvalue weighted by Gasteiger charge is -2.32. The molecule has 0 spiro atoms. The Balaban J connectivity index is 1.50. The Labute approximate surface area is 137 Å². The lowest BCUT2D eigenvalue weighted by Crippen LogP contribution is -2.46. The monoisotopic (exact) mass is 318 g/mol. The van der Waals surface area contributed by atoms with Crippen molar-refractivity contribution >= 4 is 11.7 Å². The maximum atomic E-state index is 12.1. The van der Waals surface area contributed by atoms with Crippen molar-refractivity contribution in [2.24, 2.45) is 0 Å². The normalized spacial score (nSPS) is 25.2. The number of nitrogens with zero attached hydrogens (tertiary/aromatic N) is 2. The second-order valence-electron chi connectivity index (χ2n) is 6.37. The molecule has 2 atom stereocenters. The van der Waals surface area contributed by atoms with Gasteiger partial charge in [-0.1, -0.05) is 12.5 Å². The van der Waals surface area contributed by atoms with Gasteiger partial charge in [0.2, 0.25) is 5.91 Å². The summed E-state index contributed by atoms with van der Waals surface area (Å²) in [6.07, 6.45) is 5.31. The van der Waals surface area contributed by atoms with E-state index >= 15 is 0 Å². The molecule has 3 rings (SSSR count).